The molecule has 0 bridgehead atoms. The van der Waals surface area contributed by atoms with Gasteiger partial charge in [0.25, 0.3) is 0 Å². The minimum absolute atomic E-state index is 0.292. The number of rotatable bonds is 3. The number of hydrogen-bond donors (Lipinski definition) is 3. The van der Waals surface area contributed by atoms with Crippen LogP contribution in [0.2, 0.25) is 0 Å². The lowest BCUT2D eigenvalue weighted by Gasteiger charge is -1.96. The molecule has 4 N–H and O–H groups in total. The van der Waals surface area contributed by atoms with Crippen LogP contribution in [0.5, 0.6) is 0 Å². The van der Waals surface area contributed by atoms with E-state index in [4.69, 9.17) is 5.73 Å². The first-order valence-electron chi connectivity index (χ1n) is 3.42. The number of hydrazone groups is 1. The van der Waals surface area contributed by atoms with Crippen molar-refractivity contribution in [3.63, 3.8) is 0 Å². The molecule has 0 aliphatic heterocycles. The molecule has 5 heteroatoms. The van der Waals surface area contributed by atoms with E-state index in [0.717, 1.165) is 11.3 Å². The SMILES string of the molecule is Cc1[nH]ccc1/C(N)=N\NC=O. The third-order valence-electron chi connectivity index (χ3n) is 1.47. The second-order valence-electron chi connectivity index (χ2n) is 2.26. The number of nitrogens with one attached hydrogen (secondary N) is 2. The molecular formula is C7H10N4O. The number of nitrogens with two attached hydrogens (primary N) is 1. The molecule has 0 atom stereocenters. The molecule has 1 amide bonds. The molecule has 1 aromatic heterocycles. The summed E-state index contributed by atoms with van der Waals surface area (Å²) in [7, 11) is 0. The molecule has 12 heavy (non-hydrogen) atoms. The summed E-state index contributed by atoms with van der Waals surface area (Å²) < 4.78 is 0. The topological polar surface area (TPSA) is 83.3 Å². The first-order valence-corrected chi connectivity index (χ1v) is 3.42. The highest BCUT2D eigenvalue weighted by molar-refractivity contribution is 5.98. The van der Waals surface area contributed by atoms with E-state index >= 15 is 0 Å². The first kappa shape index (κ1) is 8.32. The highest BCUT2D eigenvalue weighted by atomic mass is 16.1. The van der Waals surface area contributed by atoms with Crippen LogP contribution in [0.1, 0.15) is 11.3 Å². The maximum atomic E-state index is 9.88. The Morgan fingerprint density at radius 2 is 2.58 bits per heavy atom. The van der Waals surface area contributed by atoms with Crippen LogP contribution in [0.3, 0.4) is 0 Å². The summed E-state index contributed by atoms with van der Waals surface area (Å²) in [6, 6.07) is 1.79. The molecule has 0 saturated heterocycles. The summed E-state index contributed by atoms with van der Waals surface area (Å²) in [5.41, 5.74) is 9.38. The van der Waals surface area contributed by atoms with Crippen LogP contribution in [-0.2, 0) is 4.79 Å². The van der Waals surface area contributed by atoms with Crippen LogP contribution in [0.15, 0.2) is 17.4 Å². The largest absolute Gasteiger partial charge is 0.382 e. The van der Waals surface area contributed by atoms with E-state index in [-0.39, 0.29) is 0 Å². The maximum Gasteiger partial charge on any atom is 0.227 e. The van der Waals surface area contributed by atoms with Crippen molar-refractivity contribution in [2.75, 3.05) is 0 Å². The van der Waals surface area contributed by atoms with Crippen molar-refractivity contribution in [3.8, 4) is 0 Å². The van der Waals surface area contributed by atoms with Crippen LogP contribution in [0.25, 0.3) is 0 Å². The van der Waals surface area contributed by atoms with E-state index in [1.807, 2.05) is 6.92 Å². The van der Waals surface area contributed by atoms with E-state index < -0.39 is 0 Å². The average Bonchev–Trinajstić information content (AvgIpc) is 2.47. The van der Waals surface area contributed by atoms with Crippen molar-refractivity contribution in [1.29, 1.82) is 0 Å². The van der Waals surface area contributed by atoms with Crippen molar-refractivity contribution in [2.24, 2.45) is 10.8 Å². The fraction of sp³-hybridized carbons (Fsp3) is 0.143. The van der Waals surface area contributed by atoms with E-state index in [1.54, 1.807) is 12.3 Å². The van der Waals surface area contributed by atoms with Gasteiger partial charge in [-0.15, -0.1) is 0 Å². The van der Waals surface area contributed by atoms with Crippen molar-refractivity contribution in [3.05, 3.63) is 23.5 Å². The zero-order valence-electron chi connectivity index (χ0n) is 6.66. The molecule has 0 fully saturated rings. The number of carbonyl (C=O) groups excluding carboxylic acids is 1. The minimum Gasteiger partial charge on any atom is -0.382 e. The fourth-order valence-corrected chi connectivity index (χ4v) is 0.886. The Kier molecular flexibility index (Phi) is 2.47. The Balaban J connectivity index is 2.83. The minimum atomic E-state index is 0.292. The van der Waals surface area contributed by atoms with Crippen LogP contribution in [-0.4, -0.2) is 17.2 Å². The van der Waals surface area contributed by atoms with Gasteiger partial charge in [0.15, 0.2) is 5.84 Å². The zero-order chi connectivity index (χ0) is 8.97. The van der Waals surface area contributed by atoms with Gasteiger partial charge in [-0.2, -0.15) is 5.10 Å². The summed E-state index contributed by atoms with van der Waals surface area (Å²) in [5.74, 6) is 0.292. The van der Waals surface area contributed by atoms with E-state index in [2.05, 4.69) is 15.5 Å². The van der Waals surface area contributed by atoms with Gasteiger partial charge in [0, 0.05) is 17.5 Å². The summed E-state index contributed by atoms with van der Waals surface area (Å²) in [6.45, 7) is 1.87. The number of amides is 1. The molecule has 64 valence electrons. The summed E-state index contributed by atoms with van der Waals surface area (Å²) in [6.07, 6.45) is 2.23. The number of nitrogens with zero attached hydrogens (tertiary/aromatic N) is 1. The van der Waals surface area contributed by atoms with Gasteiger partial charge in [0.1, 0.15) is 0 Å². The van der Waals surface area contributed by atoms with Crippen molar-refractivity contribution >= 4 is 12.2 Å². The van der Waals surface area contributed by atoms with Gasteiger partial charge in [0.05, 0.1) is 0 Å². The molecule has 0 unspecified atom stereocenters. The molecule has 1 heterocycles. The highest BCUT2D eigenvalue weighted by Crippen LogP contribution is 2.02. The van der Waals surface area contributed by atoms with E-state index in [1.165, 1.54) is 0 Å². The molecular weight excluding hydrogens is 156 g/mol. The Bertz CT molecular complexity index is 302. The van der Waals surface area contributed by atoms with Gasteiger partial charge >= 0.3 is 0 Å². The monoisotopic (exact) mass is 166 g/mol. The molecule has 0 aromatic carbocycles. The Hall–Kier alpha value is -1.78. The third kappa shape index (κ3) is 1.63. The predicted octanol–water partition coefficient (Wildman–Crippen LogP) is -0.311. The number of aromatic nitrogens is 1. The Labute approximate surface area is 69.7 Å². The molecule has 0 aliphatic carbocycles. The third-order valence-corrected chi connectivity index (χ3v) is 1.47. The summed E-state index contributed by atoms with van der Waals surface area (Å²) in [5, 5.41) is 3.60. The number of aromatic amines is 1. The van der Waals surface area contributed by atoms with Crippen LogP contribution in [0, 0.1) is 6.92 Å². The lowest BCUT2D eigenvalue weighted by atomic mass is 10.2. The van der Waals surface area contributed by atoms with Crippen LogP contribution < -0.4 is 11.2 Å². The lowest BCUT2D eigenvalue weighted by molar-refractivity contribution is -0.109. The maximum absolute atomic E-state index is 9.88. The fourth-order valence-electron chi connectivity index (χ4n) is 0.886. The van der Waals surface area contributed by atoms with Gasteiger partial charge in [-0.25, -0.2) is 5.43 Å². The number of carbonyl (C=O) groups is 1. The van der Waals surface area contributed by atoms with E-state index in [0.29, 0.717) is 12.2 Å². The molecule has 1 rings (SSSR count). The number of hydrogen-bond acceptors (Lipinski definition) is 2. The normalized spacial score (nSPS) is 11.2. The molecule has 5 nitrogen and oxygen atoms in total. The molecule has 0 radical (unpaired) electrons. The summed E-state index contributed by atoms with van der Waals surface area (Å²) in [4.78, 5) is 12.8. The van der Waals surface area contributed by atoms with Crippen LogP contribution >= 0.6 is 0 Å². The number of amidine groups is 1. The van der Waals surface area contributed by atoms with E-state index in [9.17, 15) is 4.79 Å². The van der Waals surface area contributed by atoms with Crippen molar-refractivity contribution < 1.29 is 4.79 Å². The summed E-state index contributed by atoms with van der Waals surface area (Å²) >= 11 is 0. The van der Waals surface area contributed by atoms with Gasteiger partial charge in [0.2, 0.25) is 6.41 Å². The molecule has 0 spiro atoms. The Morgan fingerprint density at radius 1 is 1.83 bits per heavy atom. The van der Waals surface area contributed by atoms with Gasteiger partial charge < -0.3 is 10.7 Å². The van der Waals surface area contributed by atoms with Crippen molar-refractivity contribution in [2.45, 2.75) is 6.92 Å². The average molecular weight is 166 g/mol. The second-order valence-corrected chi connectivity index (χ2v) is 2.26. The first-order chi connectivity index (χ1) is 5.75. The lowest BCUT2D eigenvalue weighted by Crippen LogP contribution is -2.18. The predicted molar refractivity (Wildman–Crippen MR) is 45.5 cm³/mol. The Morgan fingerprint density at radius 3 is 3.08 bits per heavy atom. The zero-order valence-corrected chi connectivity index (χ0v) is 6.66. The standard InChI is InChI=1S/C7H10N4O/c1-5-6(2-3-9-5)7(8)11-10-4-12/h2-4,9H,1H3,(H2,8,11)(H,10,12). The number of H-pyrrole nitrogens is 1. The van der Waals surface area contributed by atoms with Gasteiger partial charge in [-0.1, -0.05) is 0 Å². The smallest absolute Gasteiger partial charge is 0.227 e. The quantitative estimate of drug-likeness (QED) is 0.249. The molecule has 1 aromatic rings. The van der Waals surface area contributed by atoms with Crippen molar-refractivity contribution in [1.82, 2.24) is 10.4 Å². The molecule has 0 saturated carbocycles. The molecule has 0 aliphatic rings. The van der Waals surface area contributed by atoms with Crippen LogP contribution in [0.4, 0.5) is 0 Å². The van der Waals surface area contributed by atoms with Gasteiger partial charge in [-0.3, -0.25) is 4.79 Å². The second kappa shape index (κ2) is 3.56. The number of aryl methyl sites for hydroxylation is 1. The highest BCUT2D eigenvalue weighted by Gasteiger charge is 2.02. The van der Waals surface area contributed by atoms with Gasteiger partial charge in [-0.05, 0) is 13.0 Å².